The predicted molar refractivity (Wildman–Crippen MR) is 94.5 cm³/mol. The number of nitrogens with one attached hydrogen (secondary N) is 1. The van der Waals surface area contributed by atoms with Crippen LogP contribution in [0.3, 0.4) is 0 Å². The Hall–Kier alpha value is -3.22. The molecule has 0 aliphatic carbocycles. The molecule has 2 heterocycles. The molecule has 3 rings (SSSR count). The summed E-state index contributed by atoms with van der Waals surface area (Å²) in [6.07, 6.45) is 0.702. The number of halogens is 3. The lowest BCUT2D eigenvalue weighted by atomic mass is 10.1. The maximum atomic E-state index is 12.5. The molecular formula is C20H16F3N3O. The Balaban J connectivity index is 1.53. The molecule has 7 heteroatoms. The highest BCUT2D eigenvalue weighted by atomic mass is 19.4. The summed E-state index contributed by atoms with van der Waals surface area (Å²) in [5, 5.41) is 2.74. The Bertz CT molecular complexity index is 893. The second kappa shape index (κ2) is 7.99. The van der Waals surface area contributed by atoms with Crippen LogP contribution in [0.1, 0.15) is 16.7 Å². The average molecular weight is 371 g/mol. The Kier molecular flexibility index (Phi) is 5.49. The fourth-order valence-corrected chi connectivity index (χ4v) is 2.47. The van der Waals surface area contributed by atoms with Crippen molar-refractivity contribution in [2.75, 3.05) is 0 Å². The quantitative estimate of drug-likeness (QED) is 0.737. The van der Waals surface area contributed by atoms with Crippen LogP contribution in [0.2, 0.25) is 0 Å². The number of carbonyl (C=O) groups is 1. The summed E-state index contributed by atoms with van der Waals surface area (Å²) in [4.78, 5) is 20.4. The highest BCUT2D eigenvalue weighted by molar-refractivity contribution is 5.78. The standard InChI is InChI=1S/C20H16F3N3O/c21-20(22,23)17-6-3-14(4-7-17)10-19(27)26-12-15-5-8-18(25-11-15)16-2-1-9-24-13-16/h1-9,11,13H,10,12H2,(H,26,27). The third kappa shape index (κ3) is 5.13. The first-order chi connectivity index (χ1) is 12.9. The molecule has 1 N–H and O–H groups in total. The van der Waals surface area contributed by atoms with Crippen LogP contribution in [-0.2, 0) is 23.9 Å². The molecule has 0 fully saturated rings. The maximum Gasteiger partial charge on any atom is 0.416 e. The van der Waals surface area contributed by atoms with Gasteiger partial charge in [-0.25, -0.2) is 0 Å². The Morgan fingerprint density at radius 3 is 2.30 bits per heavy atom. The van der Waals surface area contributed by atoms with E-state index in [0.717, 1.165) is 29.0 Å². The van der Waals surface area contributed by atoms with Crippen LogP contribution in [-0.4, -0.2) is 15.9 Å². The van der Waals surface area contributed by atoms with Crippen molar-refractivity contribution in [3.8, 4) is 11.3 Å². The van der Waals surface area contributed by atoms with E-state index in [1.807, 2.05) is 24.3 Å². The minimum absolute atomic E-state index is 0.0132. The first-order valence-electron chi connectivity index (χ1n) is 8.20. The van der Waals surface area contributed by atoms with Gasteiger partial charge in [0.2, 0.25) is 5.91 Å². The Morgan fingerprint density at radius 1 is 0.963 bits per heavy atom. The van der Waals surface area contributed by atoms with Crippen molar-refractivity contribution in [1.82, 2.24) is 15.3 Å². The molecular weight excluding hydrogens is 355 g/mol. The summed E-state index contributed by atoms with van der Waals surface area (Å²) in [5.41, 5.74) is 2.29. The largest absolute Gasteiger partial charge is 0.416 e. The number of hydrogen-bond acceptors (Lipinski definition) is 3. The lowest BCUT2D eigenvalue weighted by Gasteiger charge is -2.08. The molecule has 0 saturated heterocycles. The van der Waals surface area contributed by atoms with Gasteiger partial charge in [0.15, 0.2) is 0 Å². The molecule has 4 nitrogen and oxygen atoms in total. The van der Waals surface area contributed by atoms with Gasteiger partial charge >= 0.3 is 6.18 Å². The normalized spacial score (nSPS) is 11.2. The molecule has 0 spiro atoms. The van der Waals surface area contributed by atoms with Gasteiger partial charge in [0, 0.05) is 30.7 Å². The van der Waals surface area contributed by atoms with Crippen molar-refractivity contribution in [3.63, 3.8) is 0 Å². The van der Waals surface area contributed by atoms with E-state index in [1.54, 1.807) is 18.6 Å². The Labute approximate surface area is 154 Å². The predicted octanol–water partition coefficient (Wildman–Crippen LogP) is 4.02. The summed E-state index contributed by atoms with van der Waals surface area (Å²) in [6, 6.07) is 12.0. The smallest absolute Gasteiger partial charge is 0.352 e. The molecule has 0 radical (unpaired) electrons. The van der Waals surface area contributed by atoms with Gasteiger partial charge in [0.25, 0.3) is 0 Å². The Morgan fingerprint density at radius 2 is 1.70 bits per heavy atom. The number of benzene rings is 1. The van der Waals surface area contributed by atoms with Gasteiger partial charge in [-0.15, -0.1) is 0 Å². The van der Waals surface area contributed by atoms with E-state index in [4.69, 9.17) is 0 Å². The molecule has 0 aliphatic heterocycles. The lowest BCUT2D eigenvalue weighted by Crippen LogP contribution is -2.24. The van der Waals surface area contributed by atoms with E-state index >= 15 is 0 Å². The number of hydrogen-bond donors (Lipinski definition) is 1. The van der Waals surface area contributed by atoms with Gasteiger partial charge in [-0.3, -0.25) is 14.8 Å². The summed E-state index contributed by atoms with van der Waals surface area (Å²) >= 11 is 0. The van der Waals surface area contributed by atoms with Crippen molar-refractivity contribution in [1.29, 1.82) is 0 Å². The maximum absolute atomic E-state index is 12.5. The highest BCUT2D eigenvalue weighted by Gasteiger charge is 2.29. The minimum Gasteiger partial charge on any atom is -0.352 e. The SMILES string of the molecule is O=C(Cc1ccc(C(F)(F)F)cc1)NCc1ccc(-c2cccnc2)nc1. The second-order valence-electron chi connectivity index (χ2n) is 5.94. The fourth-order valence-electron chi connectivity index (χ4n) is 2.47. The summed E-state index contributed by atoms with van der Waals surface area (Å²) in [6.45, 7) is 0.291. The number of amides is 1. The van der Waals surface area contributed by atoms with Crippen molar-refractivity contribution in [2.45, 2.75) is 19.1 Å². The van der Waals surface area contributed by atoms with Crippen LogP contribution >= 0.6 is 0 Å². The molecule has 0 bridgehead atoms. The zero-order valence-corrected chi connectivity index (χ0v) is 14.2. The van der Waals surface area contributed by atoms with Gasteiger partial charge in [-0.1, -0.05) is 18.2 Å². The number of nitrogens with zero attached hydrogens (tertiary/aromatic N) is 2. The van der Waals surface area contributed by atoms with Crippen LogP contribution in [0.15, 0.2) is 67.1 Å². The fraction of sp³-hybridized carbons (Fsp3) is 0.150. The van der Waals surface area contributed by atoms with Crippen LogP contribution < -0.4 is 5.32 Å². The molecule has 0 unspecified atom stereocenters. The topological polar surface area (TPSA) is 54.9 Å². The summed E-state index contributed by atoms with van der Waals surface area (Å²) in [7, 11) is 0. The van der Waals surface area contributed by atoms with E-state index in [-0.39, 0.29) is 12.3 Å². The number of aromatic nitrogens is 2. The minimum atomic E-state index is -4.38. The zero-order chi connectivity index (χ0) is 19.3. The molecule has 27 heavy (non-hydrogen) atoms. The number of carbonyl (C=O) groups excluding carboxylic acids is 1. The number of rotatable bonds is 5. The first kappa shape index (κ1) is 18.6. The summed E-state index contributed by atoms with van der Waals surface area (Å²) in [5.74, 6) is -0.272. The van der Waals surface area contributed by atoms with E-state index in [2.05, 4.69) is 15.3 Å². The van der Waals surface area contributed by atoms with E-state index in [9.17, 15) is 18.0 Å². The molecule has 0 atom stereocenters. The van der Waals surface area contributed by atoms with Gasteiger partial charge < -0.3 is 5.32 Å². The zero-order valence-electron chi connectivity index (χ0n) is 14.2. The van der Waals surface area contributed by atoms with E-state index in [1.165, 1.54) is 12.1 Å². The molecule has 0 saturated carbocycles. The lowest BCUT2D eigenvalue weighted by molar-refractivity contribution is -0.137. The van der Waals surface area contributed by atoms with Crippen molar-refractivity contribution >= 4 is 5.91 Å². The molecule has 3 aromatic rings. The third-order valence-corrected chi connectivity index (χ3v) is 3.92. The van der Waals surface area contributed by atoms with Crippen molar-refractivity contribution in [3.05, 3.63) is 83.8 Å². The van der Waals surface area contributed by atoms with Crippen molar-refractivity contribution in [2.24, 2.45) is 0 Å². The van der Waals surface area contributed by atoms with Crippen molar-refractivity contribution < 1.29 is 18.0 Å². The molecule has 138 valence electrons. The monoisotopic (exact) mass is 371 g/mol. The van der Waals surface area contributed by atoms with Gasteiger partial charge in [-0.05, 0) is 41.5 Å². The number of alkyl halides is 3. The van der Waals surface area contributed by atoms with E-state index < -0.39 is 11.7 Å². The molecule has 0 aliphatic rings. The van der Waals surface area contributed by atoms with Crippen LogP contribution in [0.4, 0.5) is 13.2 Å². The third-order valence-electron chi connectivity index (χ3n) is 3.92. The average Bonchev–Trinajstić information content (AvgIpc) is 2.67. The van der Waals surface area contributed by atoms with Gasteiger partial charge in [0.1, 0.15) is 0 Å². The van der Waals surface area contributed by atoms with Gasteiger partial charge in [-0.2, -0.15) is 13.2 Å². The number of pyridine rings is 2. The second-order valence-corrected chi connectivity index (χ2v) is 5.94. The van der Waals surface area contributed by atoms with Crippen LogP contribution in [0.25, 0.3) is 11.3 Å². The summed E-state index contributed by atoms with van der Waals surface area (Å²) < 4.78 is 37.6. The van der Waals surface area contributed by atoms with Crippen LogP contribution in [0.5, 0.6) is 0 Å². The van der Waals surface area contributed by atoms with Crippen LogP contribution in [0, 0.1) is 0 Å². The highest BCUT2D eigenvalue weighted by Crippen LogP contribution is 2.29. The molecule has 1 amide bonds. The van der Waals surface area contributed by atoms with E-state index in [0.29, 0.717) is 12.1 Å². The van der Waals surface area contributed by atoms with Gasteiger partial charge in [0.05, 0.1) is 17.7 Å². The molecule has 1 aromatic carbocycles. The molecule has 2 aromatic heterocycles. The first-order valence-corrected chi connectivity index (χ1v) is 8.20.